The van der Waals surface area contributed by atoms with Crippen molar-refractivity contribution >= 4 is 11.9 Å². The average molecular weight is 175 g/mol. The van der Waals surface area contributed by atoms with Crippen LogP contribution in [0.4, 0.5) is 0 Å². The number of carboxylic acid groups (broad SMARTS) is 1. The van der Waals surface area contributed by atoms with E-state index >= 15 is 0 Å². The zero-order valence-electron chi connectivity index (χ0n) is 6.69. The third kappa shape index (κ3) is 8.70. The lowest BCUT2D eigenvalue weighted by Gasteiger charge is -1.98. The molecule has 0 bridgehead atoms. The largest absolute Gasteiger partial charge is 0.481 e. The smallest absolute Gasteiger partial charge is 0.305 e. The Kier molecular flexibility index (Phi) is 5.72. The number of guanidine groups is 1. The fourth-order valence-corrected chi connectivity index (χ4v) is 0.501. The minimum Gasteiger partial charge on any atom is -0.481 e. The Hall–Kier alpha value is -1.30. The van der Waals surface area contributed by atoms with Crippen LogP contribution < -0.4 is 11.5 Å². The predicted molar refractivity (Wildman–Crippen MR) is 43.7 cm³/mol. The van der Waals surface area contributed by atoms with Crippen LogP contribution in [0.1, 0.15) is 6.42 Å². The number of aliphatic carboxylic acids is 1. The molecule has 5 N–H and O–H groups in total. The van der Waals surface area contributed by atoms with Gasteiger partial charge in [0.05, 0.1) is 26.2 Å². The van der Waals surface area contributed by atoms with Gasteiger partial charge in [0, 0.05) is 0 Å². The molecular weight excluding hydrogens is 162 g/mol. The van der Waals surface area contributed by atoms with Gasteiger partial charge in [-0.1, -0.05) is 0 Å². The summed E-state index contributed by atoms with van der Waals surface area (Å²) in [6.07, 6.45) is 0.00181. The molecule has 0 aromatic rings. The SMILES string of the molecule is NC(N)=NCCOCCC(=O)O. The summed E-state index contributed by atoms with van der Waals surface area (Å²) < 4.78 is 4.90. The van der Waals surface area contributed by atoms with Gasteiger partial charge in [-0.15, -0.1) is 0 Å². The van der Waals surface area contributed by atoms with E-state index in [2.05, 4.69) is 4.99 Å². The van der Waals surface area contributed by atoms with Crippen LogP contribution in [-0.2, 0) is 9.53 Å². The van der Waals surface area contributed by atoms with Crippen molar-refractivity contribution in [3.8, 4) is 0 Å². The molecule has 0 radical (unpaired) electrons. The standard InChI is InChI=1S/C6H13N3O3/c7-6(8)9-2-4-12-3-1-5(10)11/h1-4H2,(H,10,11)(H4,7,8,9). The van der Waals surface area contributed by atoms with E-state index in [-0.39, 0.29) is 19.0 Å². The predicted octanol–water partition coefficient (Wildman–Crippen LogP) is -1.25. The average Bonchev–Trinajstić information content (AvgIpc) is 1.95. The molecule has 0 spiro atoms. The third-order valence-corrected chi connectivity index (χ3v) is 0.990. The van der Waals surface area contributed by atoms with E-state index in [1.54, 1.807) is 0 Å². The molecule has 0 rings (SSSR count). The number of carboxylic acids is 1. The Morgan fingerprint density at radius 1 is 1.42 bits per heavy atom. The molecule has 0 aliphatic heterocycles. The minimum atomic E-state index is -0.878. The third-order valence-electron chi connectivity index (χ3n) is 0.990. The second kappa shape index (κ2) is 6.41. The number of aliphatic imine (C=N–C) groups is 1. The van der Waals surface area contributed by atoms with Crippen LogP contribution in [0.5, 0.6) is 0 Å². The van der Waals surface area contributed by atoms with E-state index in [0.717, 1.165) is 0 Å². The number of hydrogen-bond donors (Lipinski definition) is 3. The first-order valence-electron chi connectivity index (χ1n) is 3.48. The minimum absolute atomic E-state index is 0.00181. The van der Waals surface area contributed by atoms with Gasteiger partial charge in [-0.2, -0.15) is 0 Å². The molecule has 0 atom stereocenters. The highest BCUT2D eigenvalue weighted by Crippen LogP contribution is 1.82. The van der Waals surface area contributed by atoms with Gasteiger partial charge >= 0.3 is 5.97 Å². The van der Waals surface area contributed by atoms with Crippen LogP contribution in [0, 0.1) is 0 Å². The first-order chi connectivity index (χ1) is 5.63. The zero-order valence-corrected chi connectivity index (χ0v) is 6.69. The van der Waals surface area contributed by atoms with Gasteiger partial charge in [-0.25, -0.2) is 0 Å². The number of nitrogens with two attached hydrogens (primary N) is 2. The van der Waals surface area contributed by atoms with E-state index < -0.39 is 5.97 Å². The molecule has 0 aliphatic carbocycles. The topological polar surface area (TPSA) is 111 Å². The van der Waals surface area contributed by atoms with Gasteiger partial charge in [-0.05, 0) is 0 Å². The Morgan fingerprint density at radius 3 is 2.58 bits per heavy atom. The summed E-state index contributed by atoms with van der Waals surface area (Å²) in [4.78, 5) is 13.6. The zero-order chi connectivity index (χ0) is 9.40. The Labute approximate surface area is 70.2 Å². The van der Waals surface area contributed by atoms with Gasteiger partial charge in [0.25, 0.3) is 0 Å². The Balaban J connectivity index is 3.11. The summed E-state index contributed by atoms with van der Waals surface area (Å²) in [6.45, 7) is 0.891. The van der Waals surface area contributed by atoms with Crippen molar-refractivity contribution in [3.63, 3.8) is 0 Å². The summed E-state index contributed by atoms with van der Waals surface area (Å²) in [5, 5.41) is 8.21. The van der Waals surface area contributed by atoms with Crippen molar-refractivity contribution in [2.75, 3.05) is 19.8 Å². The van der Waals surface area contributed by atoms with Crippen LogP contribution in [0.25, 0.3) is 0 Å². The molecule has 6 nitrogen and oxygen atoms in total. The first kappa shape index (κ1) is 10.7. The maximum Gasteiger partial charge on any atom is 0.305 e. The van der Waals surface area contributed by atoms with Gasteiger partial charge in [0.1, 0.15) is 0 Å². The van der Waals surface area contributed by atoms with Crippen LogP contribution in [0.15, 0.2) is 4.99 Å². The molecule has 0 heterocycles. The lowest BCUT2D eigenvalue weighted by atomic mass is 10.5. The van der Waals surface area contributed by atoms with Crippen LogP contribution in [0.2, 0.25) is 0 Å². The van der Waals surface area contributed by atoms with Gasteiger partial charge in [0.2, 0.25) is 0 Å². The molecule has 0 aromatic carbocycles. The molecule has 0 aliphatic rings. The fraction of sp³-hybridized carbons (Fsp3) is 0.667. The fourth-order valence-electron chi connectivity index (χ4n) is 0.501. The van der Waals surface area contributed by atoms with E-state index in [1.165, 1.54) is 0 Å². The number of carbonyl (C=O) groups is 1. The highest BCUT2D eigenvalue weighted by atomic mass is 16.5. The van der Waals surface area contributed by atoms with Crippen LogP contribution in [-0.4, -0.2) is 36.8 Å². The first-order valence-corrected chi connectivity index (χ1v) is 3.48. The molecule has 12 heavy (non-hydrogen) atoms. The van der Waals surface area contributed by atoms with Crippen molar-refractivity contribution in [2.45, 2.75) is 6.42 Å². The van der Waals surface area contributed by atoms with Gasteiger partial charge < -0.3 is 21.3 Å². The number of nitrogens with zero attached hydrogens (tertiary/aromatic N) is 1. The molecule has 0 unspecified atom stereocenters. The maximum atomic E-state index is 9.99. The Bertz CT molecular complexity index is 165. The number of ether oxygens (including phenoxy) is 1. The van der Waals surface area contributed by atoms with Gasteiger partial charge in [-0.3, -0.25) is 9.79 Å². The number of hydrogen-bond acceptors (Lipinski definition) is 3. The highest BCUT2D eigenvalue weighted by molar-refractivity contribution is 5.75. The quantitative estimate of drug-likeness (QED) is 0.265. The molecular formula is C6H13N3O3. The molecule has 0 saturated carbocycles. The molecule has 0 amide bonds. The van der Waals surface area contributed by atoms with Crippen molar-refractivity contribution in [1.82, 2.24) is 0 Å². The van der Waals surface area contributed by atoms with Crippen molar-refractivity contribution < 1.29 is 14.6 Å². The molecule has 0 fully saturated rings. The highest BCUT2D eigenvalue weighted by Gasteiger charge is 1.94. The monoisotopic (exact) mass is 175 g/mol. The summed E-state index contributed by atoms with van der Waals surface area (Å²) in [5.41, 5.74) is 10.1. The van der Waals surface area contributed by atoms with E-state index in [1.807, 2.05) is 0 Å². The Morgan fingerprint density at radius 2 is 2.08 bits per heavy atom. The van der Waals surface area contributed by atoms with E-state index in [4.69, 9.17) is 21.3 Å². The summed E-state index contributed by atoms with van der Waals surface area (Å²) in [6, 6.07) is 0. The van der Waals surface area contributed by atoms with E-state index in [9.17, 15) is 4.79 Å². The van der Waals surface area contributed by atoms with E-state index in [0.29, 0.717) is 13.2 Å². The van der Waals surface area contributed by atoms with Crippen LogP contribution in [0.3, 0.4) is 0 Å². The van der Waals surface area contributed by atoms with Crippen molar-refractivity contribution in [1.29, 1.82) is 0 Å². The lowest BCUT2D eigenvalue weighted by molar-refractivity contribution is -0.138. The number of rotatable bonds is 6. The second-order valence-corrected chi connectivity index (χ2v) is 2.06. The molecule has 0 aromatic heterocycles. The van der Waals surface area contributed by atoms with Gasteiger partial charge in [0.15, 0.2) is 5.96 Å². The summed E-state index contributed by atoms with van der Waals surface area (Å²) in [5.74, 6) is -0.867. The second-order valence-electron chi connectivity index (χ2n) is 2.06. The molecule has 70 valence electrons. The summed E-state index contributed by atoms with van der Waals surface area (Å²) in [7, 11) is 0. The van der Waals surface area contributed by atoms with Crippen molar-refractivity contribution in [3.05, 3.63) is 0 Å². The lowest BCUT2D eigenvalue weighted by Crippen LogP contribution is -2.23. The normalized spacial score (nSPS) is 9.33. The summed E-state index contributed by atoms with van der Waals surface area (Å²) >= 11 is 0. The van der Waals surface area contributed by atoms with Crippen LogP contribution >= 0.6 is 0 Å². The molecule has 6 heteroatoms. The molecule has 0 saturated heterocycles. The maximum absolute atomic E-state index is 9.99. The van der Waals surface area contributed by atoms with Crippen molar-refractivity contribution in [2.24, 2.45) is 16.5 Å².